The van der Waals surface area contributed by atoms with E-state index >= 15 is 0 Å². The van der Waals surface area contributed by atoms with E-state index in [4.69, 9.17) is 0 Å². The molecule has 1 heterocycles. The van der Waals surface area contributed by atoms with Crippen molar-refractivity contribution in [2.45, 2.75) is 44.2 Å². The summed E-state index contributed by atoms with van der Waals surface area (Å²) < 4.78 is 26.8. The first-order chi connectivity index (χ1) is 18.7. The number of amides is 3. The Bertz CT molecular complexity index is 1430. The number of rotatable bonds is 11. The van der Waals surface area contributed by atoms with Crippen molar-refractivity contribution in [2.24, 2.45) is 5.92 Å². The zero-order valence-electron chi connectivity index (χ0n) is 22.1. The number of nitrogens with one attached hydrogen (secondary N) is 1. The van der Waals surface area contributed by atoms with E-state index in [1.807, 2.05) is 74.5 Å². The Kier molecular flexibility index (Phi) is 8.81. The second-order valence-electron chi connectivity index (χ2n) is 9.98. The standard InChI is InChI=1S/C30H33N3O5S/c1-22(2)20-31-29(35)26(19-23-11-5-3-6-12-23)32(21-24-13-7-4-8-14-24)28(34)17-18-33-30(36)25-15-9-10-16-27(25)39(33,37)38/h3-16,22,26H,17-21H2,1-2H3,(H,31,35)/t26-/m1/s1. The molecular weight excluding hydrogens is 514 g/mol. The fourth-order valence-electron chi connectivity index (χ4n) is 4.55. The third-order valence-corrected chi connectivity index (χ3v) is 8.43. The zero-order chi connectivity index (χ0) is 28.0. The van der Waals surface area contributed by atoms with Gasteiger partial charge in [0.15, 0.2) is 0 Å². The molecule has 3 aromatic rings. The molecule has 1 aliphatic rings. The number of hydrogen-bond acceptors (Lipinski definition) is 5. The van der Waals surface area contributed by atoms with Gasteiger partial charge in [0.25, 0.3) is 15.9 Å². The van der Waals surface area contributed by atoms with Gasteiger partial charge in [-0.3, -0.25) is 14.4 Å². The Morgan fingerprint density at radius 1 is 0.872 bits per heavy atom. The number of fused-ring (bicyclic) bond motifs is 1. The van der Waals surface area contributed by atoms with Crippen molar-refractivity contribution >= 4 is 27.7 Å². The van der Waals surface area contributed by atoms with E-state index in [9.17, 15) is 22.8 Å². The summed E-state index contributed by atoms with van der Waals surface area (Å²) in [5.74, 6) is -1.13. The maximum Gasteiger partial charge on any atom is 0.269 e. The SMILES string of the molecule is CC(C)CNC(=O)[C@@H](Cc1ccccc1)N(Cc1ccccc1)C(=O)CCN1C(=O)c2ccccc2S1(=O)=O. The van der Waals surface area contributed by atoms with Crippen LogP contribution in [0, 0.1) is 5.92 Å². The summed E-state index contributed by atoms with van der Waals surface area (Å²) in [5.41, 5.74) is 1.82. The van der Waals surface area contributed by atoms with Gasteiger partial charge in [-0.15, -0.1) is 0 Å². The van der Waals surface area contributed by atoms with Gasteiger partial charge in [0.2, 0.25) is 11.8 Å². The number of hydrogen-bond donors (Lipinski definition) is 1. The summed E-state index contributed by atoms with van der Waals surface area (Å²) in [5, 5.41) is 2.96. The normalized spacial score (nSPS) is 14.6. The van der Waals surface area contributed by atoms with Crippen molar-refractivity contribution in [3.8, 4) is 0 Å². The Morgan fingerprint density at radius 3 is 2.08 bits per heavy atom. The molecule has 0 unspecified atom stereocenters. The number of carbonyl (C=O) groups excluding carboxylic acids is 3. The highest BCUT2D eigenvalue weighted by molar-refractivity contribution is 7.90. The minimum absolute atomic E-state index is 0.0568. The van der Waals surface area contributed by atoms with Gasteiger partial charge in [-0.25, -0.2) is 12.7 Å². The minimum atomic E-state index is -4.05. The van der Waals surface area contributed by atoms with E-state index in [1.54, 1.807) is 12.1 Å². The third-order valence-electron chi connectivity index (χ3n) is 6.59. The van der Waals surface area contributed by atoms with E-state index in [0.29, 0.717) is 6.54 Å². The first-order valence-corrected chi connectivity index (χ1v) is 14.4. The molecule has 0 fully saturated rings. The molecule has 9 heteroatoms. The van der Waals surface area contributed by atoms with Crippen molar-refractivity contribution in [1.82, 2.24) is 14.5 Å². The molecule has 0 aromatic heterocycles. The summed E-state index contributed by atoms with van der Waals surface area (Å²) in [6.45, 7) is 4.28. The predicted molar refractivity (Wildman–Crippen MR) is 148 cm³/mol. The second-order valence-corrected chi connectivity index (χ2v) is 11.8. The van der Waals surface area contributed by atoms with Crippen molar-refractivity contribution in [2.75, 3.05) is 13.1 Å². The molecule has 0 radical (unpaired) electrons. The molecule has 3 aromatic carbocycles. The van der Waals surface area contributed by atoms with Crippen molar-refractivity contribution in [3.05, 3.63) is 102 Å². The Hall–Kier alpha value is -3.98. The summed E-state index contributed by atoms with van der Waals surface area (Å²) in [7, 11) is -4.05. The van der Waals surface area contributed by atoms with Crippen LogP contribution in [0.25, 0.3) is 0 Å². The lowest BCUT2D eigenvalue weighted by Crippen LogP contribution is -2.51. The maximum absolute atomic E-state index is 13.8. The van der Waals surface area contributed by atoms with Gasteiger partial charge in [0.05, 0.1) is 5.56 Å². The van der Waals surface area contributed by atoms with Crippen molar-refractivity contribution < 1.29 is 22.8 Å². The van der Waals surface area contributed by atoms with Crippen LogP contribution in [0.1, 0.15) is 41.8 Å². The maximum atomic E-state index is 13.8. The molecule has 3 amide bonds. The van der Waals surface area contributed by atoms with Crippen molar-refractivity contribution in [3.63, 3.8) is 0 Å². The summed E-state index contributed by atoms with van der Waals surface area (Å²) in [4.78, 5) is 41.6. The molecule has 0 saturated carbocycles. The average molecular weight is 548 g/mol. The molecule has 1 aliphatic heterocycles. The molecule has 1 atom stereocenters. The molecule has 8 nitrogen and oxygen atoms in total. The van der Waals surface area contributed by atoms with E-state index in [2.05, 4.69) is 5.32 Å². The van der Waals surface area contributed by atoms with Gasteiger partial charge in [0.1, 0.15) is 10.9 Å². The predicted octanol–water partition coefficient (Wildman–Crippen LogP) is 3.63. The van der Waals surface area contributed by atoms with Crippen molar-refractivity contribution in [1.29, 1.82) is 0 Å². The van der Waals surface area contributed by atoms with Gasteiger partial charge >= 0.3 is 0 Å². The van der Waals surface area contributed by atoms with Crippen LogP contribution in [0.15, 0.2) is 89.8 Å². The molecular formula is C30H33N3O5S. The fraction of sp³-hybridized carbons (Fsp3) is 0.300. The Labute approximate surface area is 229 Å². The third kappa shape index (κ3) is 6.54. The quantitative estimate of drug-likeness (QED) is 0.395. The monoisotopic (exact) mass is 547 g/mol. The van der Waals surface area contributed by atoms with E-state index in [0.717, 1.165) is 15.4 Å². The van der Waals surface area contributed by atoms with Gasteiger partial charge < -0.3 is 10.2 Å². The number of benzene rings is 3. The van der Waals surface area contributed by atoms with Crippen LogP contribution in [0.3, 0.4) is 0 Å². The average Bonchev–Trinajstić information content (AvgIpc) is 3.13. The van der Waals surface area contributed by atoms with Crippen LogP contribution in [0.2, 0.25) is 0 Å². The number of nitrogens with zero attached hydrogens (tertiary/aromatic N) is 2. The van der Waals surface area contributed by atoms with Gasteiger partial charge in [-0.05, 0) is 29.2 Å². The lowest BCUT2D eigenvalue weighted by molar-refractivity contribution is -0.141. The van der Waals surface area contributed by atoms with Crippen LogP contribution >= 0.6 is 0 Å². The molecule has 0 spiro atoms. The lowest BCUT2D eigenvalue weighted by Gasteiger charge is -2.32. The van der Waals surface area contributed by atoms with Gasteiger partial charge in [0, 0.05) is 32.5 Å². The van der Waals surface area contributed by atoms with E-state index in [1.165, 1.54) is 17.0 Å². The van der Waals surface area contributed by atoms with E-state index in [-0.39, 0.29) is 48.2 Å². The molecule has 4 rings (SSSR count). The highest BCUT2D eigenvalue weighted by Gasteiger charge is 2.41. The fourth-order valence-corrected chi connectivity index (χ4v) is 6.12. The number of sulfonamides is 1. The molecule has 0 aliphatic carbocycles. The Morgan fingerprint density at radius 2 is 1.46 bits per heavy atom. The van der Waals surface area contributed by atoms with Crippen LogP contribution < -0.4 is 5.32 Å². The summed E-state index contributed by atoms with van der Waals surface area (Å²) in [6, 6.07) is 24.0. The molecule has 0 bridgehead atoms. The largest absolute Gasteiger partial charge is 0.354 e. The molecule has 204 valence electrons. The minimum Gasteiger partial charge on any atom is -0.354 e. The van der Waals surface area contributed by atoms with Crippen LogP contribution in [-0.4, -0.2) is 54.5 Å². The lowest BCUT2D eigenvalue weighted by atomic mass is 10.0. The topological polar surface area (TPSA) is 104 Å². The van der Waals surface area contributed by atoms with Gasteiger partial charge in [-0.1, -0.05) is 86.6 Å². The Balaban J connectivity index is 1.61. The smallest absolute Gasteiger partial charge is 0.269 e. The van der Waals surface area contributed by atoms with Crippen LogP contribution in [0.4, 0.5) is 0 Å². The first-order valence-electron chi connectivity index (χ1n) is 13.0. The summed E-state index contributed by atoms with van der Waals surface area (Å²) >= 11 is 0. The molecule has 0 saturated heterocycles. The highest BCUT2D eigenvalue weighted by Crippen LogP contribution is 2.30. The zero-order valence-corrected chi connectivity index (χ0v) is 22.9. The highest BCUT2D eigenvalue weighted by atomic mass is 32.2. The number of carbonyl (C=O) groups is 3. The molecule has 1 N–H and O–H groups in total. The summed E-state index contributed by atoms with van der Waals surface area (Å²) in [6.07, 6.45) is 0.0320. The first kappa shape index (κ1) is 28.0. The van der Waals surface area contributed by atoms with Crippen LogP contribution in [-0.2, 0) is 32.6 Å². The van der Waals surface area contributed by atoms with Gasteiger partial charge in [-0.2, -0.15) is 0 Å². The van der Waals surface area contributed by atoms with E-state index < -0.39 is 27.9 Å². The second kappa shape index (κ2) is 12.3. The molecule has 39 heavy (non-hydrogen) atoms. The van der Waals surface area contributed by atoms with Crippen LogP contribution in [0.5, 0.6) is 0 Å².